The van der Waals surface area contributed by atoms with Gasteiger partial charge in [-0.25, -0.2) is 4.79 Å². The number of nitrogens with one attached hydrogen (secondary N) is 1. The fraction of sp³-hybridized carbons (Fsp3) is 0.200. The molecule has 0 saturated heterocycles. The number of nitrogens with zero attached hydrogens (tertiary/aromatic N) is 1. The minimum absolute atomic E-state index is 0.150. The highest BCUT2D eigenvalue weighted by molar-refractivity contribution is 9.10. The molecule has 0 atom stereocenters. The molecule has 0 aliphatic heterocycles. The Balaban J connectivity index is 3.04. The Bertz CT molecular complexity index is 286. The Hall–Kier alpha value is -0.550. The summed E-state index contributed by atoms with van der Waals surface area (Å²) >= 11 is 8.62. The van der Waals surface area contributed by atoms with Crippen LogP contribution in [-0.2, 0) is 4.74 Å². The lowest BCUT2D eigenvalue weighted by atomic mass is 10.4. The molecule has 4 nitrogen and oxygen atoms in total. The van der Waals surface area contributed by atoms with Crippen molar-refractivity contribution >= 4 is 33.5 Å². The van der Waals surface area contributed by atoms with Gasteiger partial charge in [0.1, 0.15) is 5.15 Å². The van der Waals surface area contributed by atoms with E-state index >= 15 is 0 Å². The maximum absolute atomic E-state index is 10.9. The van der Waals surface area contributed by atoms with E-state index < -0.39 is 5.97 Å². The maximum atomic E-state index is 10.9. The number of hydrogen-bond donors (Lipinski definition) is 1. The average Bonchev–Trinajstić information content (AvgIpc) is 2.32. The first-order valence-corrected chi connectivity index (χ1v) is 3.81. The van der Waals surface area contributed by atoms with Gasteiger partial charge in [-0.2, -0.15) is 5.10 Å². The first kappa shape index (κ1) is 8.55. The summed E-state index contributed by atoms with van der Waals surface area (Å²) in [5.74, 6) is -0.528. The predicted molar refractivity (Wildman–Crippen MR) is 42.6 cm³/mol. The Morgan fingerprint density at radius 1 is 1.82 bits per heavy atom. The number of halogens is 2. The van der Waals surface area contributed by atoms with Crippen molar-refractivity contribution in [2.45, 2.75) is 0 Å². The van der Waals surface area contributed by atoms with E-state index in [9.17, 15) is 4.79 Å². The highest BCUT2D eigenvalue weighted by Gasteiger charge is 2.16. The van der Waals surface area contributed by atoms with Crippen LogP contribution >= 0.6 is 27.5 Å². The largest absolute Gasteiger partial charge is 0.464 e. The van der Waals surface area contributed by atoms with Gasteiger partial charge in [-0.05, 0) is 15.9 Å². The summed E-state index contributed by atoms with van der Waals surface area (Å²) in [6, 6.07) is 0. The molecule has 0 aromatic carbocycles. The smallest absolute Gasteiger partial charge is 0.359 e. The summed E-state index contributed by atoms with van der Waals surface area (Å²) in [4.78, 5) is 10.9. The third-order valence-electron chi connectivity index (χ3n) is 1.05. The Morgan fingerprint density at radius 2 is 2.45 bits per heavy atom. The lowest BCUT2D eigenvalue weighted by Gasteiger charge is -1.92. The number of ether oxygens (including phenoxy) is 1. The summed E-state index contributed by atoms with van der Waals surface area (Å²) < 4.78 is 4.84. The molecule has 0 amide bonds. The summed E-state index contributed by atoms with van der Waals surface area (Å²) in [6.45, 7) is 0. The van der Waals surface area contributed by atoms with E-state index in [1.165, 1.54) is 7.11 Å². The van der Waals surface area contributed by atoms with Crippen LogP contribution < -0.4 is 0 Å². The van der Waals surface area contributed by atoms with Crippen LogP contribution in [0.25, 0.3) is 0 Å². The van der Waals surface area contributed by atoms with Gasteiger partial charge in [-0.15, -0.1) is 0 Å². The summed E-state index contributed by atoms with van der Waals surface area (Å²) in [5, 5.41) is 6.31. The second-order valence-corrected chi connectivity index (χ2v) is 2.86. The normalized spacial score (nSPS) is 9.73. The standard InChI is InChI=1S/C5H4BrClN2O2/c1-11-5(10)3-2(6)4(7)9-8-3/h1H3,(H,8,9). The van der Waals surface area contributed by atoms with E-state index in [4.69, 9.17) is 11.6 Å². The quantitative estimate of drug-likeness (QED) is 0.758. The molecule has 1 rings (SSSR count). The molecule has 1 heterocycles. The van der Waals surface area contributed by atoms with Crippen molar-refractivity contribution in [1.82, 2.24) is 10.2 Å². The Morgan fingerprint density at radius 3 is 2.82 bits per heavy atom. The van der Waals surface area contributed by atoms with Crippen LogP contribution in [0, 0.1) is 0 Å². The molecule has 11 heavy (non-hydrogen) atoms. The number of carbonyl (C=O) groups excluding carboxylic acids is 1. The third-order valence-corrected chi connectivity index (χ3v) is 2.32. The van der Waals surface area contributed by atoms with Gasteiger partial charge in [0.15, 0.2) is 5.69 Å². The van der Waals surface area contributed by atoms with Crippen molar-refractivity contribution in [3.05, 3.63) is 15.3 Å². The number of hydrogen-bond acceptors (Lipinski definition) is 3. The number of aromatic nitrogens is 2. The van der Waals surface area contributed by atoms with Crippen molar-refractivity contribution in [1.29, 1.82) is 0 Å². The van der Waals surface area contributed by atoms with Gasteiger partial charge in [0.25, 0.3) is 0 Å². The Kier molecular flexibility index (Phi) is 2.51. The minimum atomic E-state index is -0.528. The molecule has 0 aliphatic carbocycles. The van der Waals surface area contributed by atoms with Crippen LogP contribution in [0.1, 0.15) is 10.5 Å². The first-order valence-electron chi connectivity index (χ1n) is 2.64. The molecule has 0 fully saturated rings. The zero-order chi connectivity index (χ0) is 8.43. The zero-order valence-corrected chi connectivity index (χ0v) is 7.86. The van der Waals surface area contributed by atoms with Crippen LogP contribution in [-0.4, -0.2) is 23.3 Å². The van der Waals surface area contributed by atoms with Crippen LogP contribution in [0.15, 0.2) is 4.47 Å². The number of rotatable bonds is 1. The molecule has 0 spiro atoms. The number of aromatic amines is 1. The van der Waals surface area contributed by atoms with E-state index in [1.807, 2.05) is 0 Å². The molecule has 0 saturated carbocycles. The second kappa shape index (κ2) is 3.23. The Labute approximate surface area is 76.0 Å². The number of H-pyrrole nitrogens is 1. The fourth-order valence-electron chi connectivity index (χ4n) is 0.539. The van der Waals surface area contributed by atoms with Crippen LogP contribution in [0.4, 0.5) is 0 Å². The van der Waals surface area contributed by atoms with Crippen molar-refractivity contribution in [3.8, 4) is 0 Å². The van der Waals surface area contributed by atoms with Gasteiger partial charge >= 0.3 is 5.97 Å². The molecule has 0 unspecified atom stereocenters. The van der Waals surface area contributed by atoms with Crippen LogP contribution in [0.2, 0.25) is 5.15 Å². The van der Waals surface area contributed by atoms with Gasteiger partial charge in [0.2, 0.25) is 0 Å². The molecule has 0 radical (unpaired) electrons. The molecule has 1 N–H and O–H groups in total. The highest BCUT2D eigenvalue weighted by Crippen LogP contribution is 2.23. The maximum Gasteiger partial charge on any atom is 0.359 e. The highest BCUT2D eigenvalue weighted by atomic mass is 79.9. The summed E-state index contributed by atoms with van der Waals surface area (Å²) in [5.41, 5.74) is 0.150. The van der Waals surface area contributed by atoms with Crippen LogP contribution in [0.3, 0.4) is 0 Å². The van der Waals surface area contributed by atoms with E-state index in [2.05, 4.69) is 30.9 Å². The van der Waals surface area contributed by atoms with E-state index in [0.29, 0.717) is 4.47 Å². The number of carbonyl (C=O) groups is 1. The summed E-state index contributed by atoms with van der Waals surface area (Å²) in [6.07, 6.45) is 0. The van der Waals surface area contributed by atoms with Crippen molar-refractivity contribution in [3.63, 3.8) is 0 Å². The van der Waals surface area contributed by atoms with Gasteiger partial charge in [0, 0.05) is 0 Å². The first-order chi connectivity index (χ1) is 5.16. The van der Waals surface area contributed by atoms with Gasteiger partial charge in [-0.3, -0.25) is 5.10 Å². The van der Waals surface area contributed by atoms with E-state index in [1.54, 1.807) is 0 Å². The molecule has 0 bridgehead atoms. The van der Waals surface area contributed by atoms with Gasteiger partial charge in [-0.1, -0.05) is 11.6 Å². The topological polar surface area (TPSA) is 55.0 Å². The second-order valence-electron chi connectivity index (χ2n) is 1.69. The van der Waals surface area contributed by atoms with Crippen molar-refractivity contribution in [2.24, 2.45) is 0 Å². The van der Waals surface area contributed by atoms with Crippen molar-refractivity contribution < 1.29 is 9.53 Å². The molecule has 1 aromatic heterocycles. The lowest BCUT2D eigenvalue weighted by molar-refractivity contribution is 0.0593. The molecular formula is C5H4BrClN2O2. The zero-order valence-electron chi connectivity index (χ0n) is 5.52. The van der Waals surface area contributed by atoms with Crippen LogP contribution in [0.5, 0.6) is 0 Å². The van der Waals surface area contributed by atoms with Gasteiger partial charge in [0.05, 0.1) is 11.6 Å². The van der Waals surface area contributed by atoms with E-state index in [0.717, 1.165) is 0 Å². The third kappa shape index (κ3) is 1.54. The lowest BCUT2D eigenvalue weighted by Crippen LogP contribution is -2.02. The monoisotopic (exact) mass is 238 g/mol. The SMILES string of the molecule is COC(=O)c1n[nH]c(Cl)c1Br. The molecule has 6 heteroatoms. The predicted octanol–water partition coefficient (Wildman–Crippen LogP) is 1.61. The molecular weight excluding hydrogens is 235 g/mol. The minimum Gasteiger partial charge on any atom is -0.464 e. The molecule has 1 aromatic rings. The molecule has 0 aliphatic rings. The number of methoxy groups -OCH3 is 1. The fourth-order valence-corrected chi connectivity index (χ4v) is 1.01. The molecule has 60 valence electrons. The average molecular weight is 239 g/mol. The van der Waals surface area contributed by atoms with Gasteiger partial charge < -0.3 is 4.74 Å². The summed E-state index contributed by atoms with van der Waals surface area (Å²) in [7, 11) is 1.28. The number of esters is 1. The van der Waals surface area contributed by atoms with Crippen molar-refractivity contribution in [2.75, 3.05) is 7.11 Å². The van der Waals surface area contributed by atoms with E-state index in [-0.39, 0.29) is 10.8 Å².